The molecule has 0 aliphatic heterocycles. The molecule has 1 rings (SSSR count). The summed E-state index contributed by atoms with van der Waals surface area (Å²) < 4.78 is 4.73. The van der Waals surface area contributed by atoms with Crippen molar-refractivity contribution in [3.63, 3.8) is 0 Å². The minimum atomic E-state index is -0.689. The fraction of sp³-hybridized carbons (Fsp3) is 0.529. The molecule has 1 unspecified atom stereocenters. The Bertz CT molecular complexity index is 450. The molecule has 1 aromatic carbocycles. The van der Waals surface area contributed by atoms with E-state index in [-0.39, 0.29) is 11.2 Å². The molecule has 3 heteroatoms. The van der Waals surface area contributed by atoms with Gasteiger partial charge in [0.05, 0.1) is 7.11 Å². The molecule has 0 spiro atoms. The summed E-state index contributed by atoms with van der Waals surface area (Å²) in [5.41, 5.74) is 2.31. The standard InChI is InChI=1S/C17H24O3/c1-6-15(18)14(16(19)20-5)11-12-7-9-13(10-8-12)17(2,3)4/h7-10,14H,6,11H2,1-5H3. The van der Waals surface area contributed by atoms with Gasteiger partial charge in [-0.15, -0.1) is 0 Å². The summed E-state index contributed by atoms with van der Waals surface area (Å²) in [6.45, 7) is 8.22. The lowest BCUT2D eigenvalue weighted by molar-refractivity contribution is -0.149. The van der Waals surface area contributed by atoms with Gasteiger partial charge in [-0.2, -0.15) is 0 Å². The highest BCUT2D eigenvalue weighted by atomic mass is 16.5. The van der Waals surface area contributed by atoms with Gasteiger partial charge in [0.2, 0.25) is 0 Å². The molecule has 0 bridgehead atoms. The lowest BCUT2D eigenvalue weighted by Crippen LogP contribution is -2.27. The number of ether oxygens (including phenoxy) is 1. The summed E-state index contributed by atoms with van der Waals surface area (Å²) in [7, 11) is 1.32. The molecule has 110 valence electrons. The molecule has 0 saturated heterocycles. The van der Waals surface area contributed by atoms with Gasteiger partial charge in [-0.05, 0) is 23.0 Å². The molecule has 3 nitrogen and oxygen atoms in total. The second-order valence-electron chi connectivity index (χ2n) is 6.05. The summed E-state index contributed by atoms with van der Waals surface area (Å²) in [4.78, 5) is 23.5. The number of carbonyl (C=O) groups is 2. The van der Waals surface area contributed by atoms with Gasteiger partial charge in [-0.25, -0.2) is 0 Å². The number of hydrogen-bond acceptors (Lipinski definition) is 3. The Morgan fingerprint density at radius 3 is 2.10 bits per heavy atom. The van der Waals surface area contributed by atoms with Crippen LogP contribution in [-0.4, -0.2) is 18.9 Å². The van der Waals surface area contributed by atoms with Gasteiger partial charge in [-0.1, -0.05) is 52.0 Å². The quantitative estimate of drug-likeness (QED) is 0.612. The van der Waals surface area contributed by atoms with E-state index in [1.54, 1.807) is 6.92 Å². The summed E-state index contributed by atoms with van der Waals surface area (Å²) in [5, 5.41) is 0. The van der Waals surface area contributed by atoms with Crippen molar-refractivity contribution in [2.75, 3.05) is 7.11 Å². The largest absolute Gasteiger partial charge is 0.468 e. The number of esters is 1. The lowest BCUT2D eigenvalue weighted by Gasteiger charge is -2.19. The second-order valence-corrected chi connectivity index (χ2v) is 6.05. The molecular weight excluding hydrogens is 252 g/mol. The van der Waals surface area contributed by atoms with E-state index in [4.69, 9.17) is 4.74 Å². The van der Waals surface area contributed by atoms with Crippen molar-refractivity contribution in [1.82, 2.24) is 0 Å². The van der Waals surface area contributed by atoms with Crippen molar-refractivity contribution in [3.05, 3.63) is 35.4 Å². The normalized spacial score (nSPS) is 12.8. The van der Waals surface area contributed by atoms with Crippen LogP contribution in [-0.2, 0) is 26.2 Å². The number of rotatable bonds is 5. The lowest BCUT2D eigenvalue weighted by atomic mass is 9.85. The first-order valence-corrected chi connectivity index (χ1v) is 6.99. The Balaban J connectivity index is 2.89. The van der Waals surface area contributed by atoms with Crippen molar-refractivity contribution in [2.24, 2.45) is 5.92 Å². The zero-order chi connectivity index (χ0) is 15.3. The fourth-order valence-corrected chi connectivity index (χ4v) is 2.09. The fourth-order valence-electron chi connectivity index (χ4n) is 2.09. The maximum atomic E-state index is 11.8. The highest BCUT2D eigenvalue weighted by Gasteiger charge is 2.26. The van der Waals surface area contributed by atoms with Crippen molar-refractivity contribution in [2.45, 2.75) is 46.0 Å². The van der Waals surface area contributed by atoms with Crippen LogP contribution in [0.25, 0.3) is 0 Å². The molecule has 0 radical (unpaired) electrons. The van der Waals surface area contributed by atoms with Gasteiger partial charge in [0.15, 0.2) is 0 Å². The van der Waals surface area contributed by atoms with Crippen LogP contribution >= 0.6 is 0 Å². The third-order valence-corrected chi connectivity index (χ3v) is 3.48. The molecular formula is C17H24O3. The van der Waals surface area contributed by atoms with Crippen LogP contribution in [0.1, 0.15) is 45.2 Å². The van der Waals surface area contributed by atoms with Gasteiger partial charge in [0.1, 0.15) is 11.7 Å². The highest BCUT2D eigenvalue weighted by Crippen LogP contribution is 2.23. The van der Waals surface area contributed by atoms with Crippen LogP contribution in [0.15, 0.2) is 24.3 Å². The zero-order valence-corrected chi connectivity index (χ0v) is 13.0. The minimum Gasteiger partial charge on any atom is -0.468 e. The topological polar surface area (TPSA) is 43.4 Å². The van der Waals surface area contributed by atoms with Crippen LogP contribution in [0.2, 0.25) is 0 Å². The Kier molecular flexibility index (Phi) is 5.49. The van der Waals surface area contributed by atoms with E-state index < -0.39 is 11.9 Å². The second kappa shape index (κ2) is 6.69. The molecule has 0 amide bonds. The maximum Gasteiger partial charge on any atom is 0.316 e. The molecule has 0 aliphatic carbocycles. The Morgan fingerprint density at radius 2 is 1.70 bits per heavy atom. The molecule has 0 N–H and O–H groups in total. The number of carbonyl (C=O) groups excluding carboxylic acids is 2. The predicted octanol–water partition coefficient (Wildman–Crippen LogP) is 3.29. The molecule has 20 heavy (non-hydrogen) atoms. The Hall–Kier alpha value is -1.64. The average Bonchev–Trinajstić information content (AvgIpc) is 2.42. The minimum absolute atomic E-state index is 0.0725. The third-order valence-electron chi connectivity index (χ3n) is 3.48. The number of Topliss-reactive ketones (excluding diaryl/α,β-unsaturated/α-hetero) is 1. The highest BCUT2D eigenvalue weighted by molar-refractivity contribution is 5.99. The summed E-state index contributed by atoms with van der Waals surface area (Å²) in [6.07, 6.45) is 0.754. The van der Waals surface area contributed by atoms with Crippen LogP contribution in [0, 0.1) is 5.92 Å². The van der Waals surface area contributed by atoms with E-state index in [1.807, 2.05) is 12.1 Å². The predicted molar refractivity (Wildman–Crippen MR) is 79.7 cm³/mol. The van der Waals surface area contributed by atoms with Crippen LogP contribution in [0.3, 0.4) is 0 Å². The van der Waals surface area contributed by atoms with Crippen LogP contribution < -0.4 is 0 Å². The first-order valence-electron chi connectivity index (χ1n) is 6.99. The Morgan fingerprint density at radius 1 is 1.15 bits per heavy atom. The molecule has 1 atom stereocenters. The summed E-state index contributed by atoms with van der Waals surface area (Å²) in [6, 6.07) is 8.08. The smallest absolute Gasteiger partial charge is 0.316 e. The molecule has 0 aliphatic rings. The molecule has 0 saturated carbocycles. The van der Waals surface area contributed by atoms with Crippen LogP contribution in [0.4, 0.5) is 0 Å². The van der Waals surface area contributed by atoms with E-state index in [1.165, 1.54) is 12.7 Å². The van der Waals surface area contributed by atoms with E-state index in [0.29, 0.717) is 12.8 Å². The van der Waals surface area contributed by atoms with Crippen molar-refractivity contribution < 1.29 is 14.3 Å². The molecule has 1 aromatic rings. The maximum absolute atomic E-state index is 11.8. The number of benzene rings is 1. The van der Waals surface area contributed by atoms with E-state index in [2.05, 4.69) is 32.9 Å². The van der Waals surface area contributed by atoms with Gasteiger partial charge in [0.25, 0.3) is 0 Å². The third kappa shape index (κ3) is 4.19. The Labute approximate surface area is 121 Å². The summed E-state index contributed by atoms with van der Waals surface area (Å²) >= 11 is 0. The molecule has 0 aromatic heterocycles. The number of methoxy groups -OCH3 is 1. The SMILES string of the molecule is CCC(=O)C(Cc1ccc(C(C)(C)C)cc1)C(=O)OC. The monoisotopic (exact) mass is 276 g/mol. The van der Waals surface area contributed by atoms with Gasteiger partial charge < -0.3 is 4.74 Å². The van der Waals surface area contributed by atoms with Crippen LogP contribution in [0.5, 0.6) is 0 Å². The molecule has 0 fully saturated rings. The average molecular weight is 276 g/mol. The number of ketones is 1. The van der Waals surface area contributed by atoms with Gasteiger partial charge >= 0.3 is 5.97 Å². The van der Waals surface area contributed by atoms with Crippen molar-refractivity contribution in [1.29, 1.82) is 0 Å². The van der Waals surface area contributed by atoms with Crippen molar-refractivity contribution in [3.8, 4) is 0 Å². The first kappa shape index (κ1) is 16.4. The first-order chi connectivity index (χ1) is 9.29. The van der Waals surface area contributed by atoms with Crippen molar-refractivity contribution >= 4 is 11.8 Å². The summed E-state index contributed by atoms with van der Waals surface area (Å²) in [5.74, 6) is -1.21. The van der Waals surface area contributed by atoms with E-state index >= 15 is 0 Å². The molecule has 0 heterocycles. The van der Waals surface area contributed by atoms with E-state index in [9.17, 15) is 9.59 Å². The van der Waals surface area contributed by atoms with Gasteiger partial charge in [0, 0.05) is 6.42 Å². The number of hydrogen-bond donors (Lipinski definition) is 0. The zero-order valence-electron chi connectivity index (χ0n) is 13.0. The van der Waals surface area contributed by atoms with E-state index in [0.717, 1.165) is 5.56 Å². The van der Waals surface area contributed by atoms with Gasteiger partial charge in [-0.3, -0.25) is 9.59 Å².